The molecule has 0 aliphatic carbocycles. The van der Waals surface area contributed by atoms with E-state index in [-0.39, 0.29) is 12.1 Å². The van der Waals surface area contributed by atoms with Crippen molar-refractivity contribution in [3.8, 4) is 0 Å². The molecule has 0 spiro atoms. The second-order valence-corrected chi connectivity index (χ2v) is 8.91. The van der Waals surface area contributed by atoms with Gasteiger partial charge in [0.25, 0.3) is 0 Å². The van der Waals surface area contributed by atoms with Gasteiger partial charge >= 0.3 is 0 Å². The molecule has 0 amide bonds. The van der Waals surface area contributed by atoms with Gasteiger partial charge in [0, 0.05) is 13.3 Å². The van der Waals surface area contributed by atoms with Gasteiger partial charge in [0.15, 0.2) is 5.65 Å². The number of hydrogen-bond donors (Lipinski definition) is 1. The van der Waals surface area contributed by atoms with E-state index in [0.29, 0.717) is 25.4 Å². The van der Waals surface area contributed by atoms with Gasteiger partial charge in [0.2, 0.25) is 5.62 Å². The van der Waals surface area contributed by atoms with Gasteiger partial charge in [-0.05, 0) is 50.5 Å². The monoisotopic (exact) mass is 458 g/mol. The molecule has 4 aromatic rings. The normalized spacial score (nSPS) is 13.3. The summed E-state index contributed by atoms with van der Waals surface area (Å²) in [7, 11) is 1.67. The number of rotatable bonds is 10. The van der Waals surface area contributed by atoms with E-state index < -0.39 is 0 Å². The largest absolute Gasteiger partial charge is 0.382 e. The highest BCUT2D eigenvalue weighted by Gasteiger charge is 2.23. The van der Waals surface area contributed by atoms with Crippen molar-refractivity contribution >= 4 is 11.2 Å². The number of benzene rings is 2. The minimum atomic E-state index is -0.0732. The molecule has 6 nitrogen and oxygen atoms in total. The third-order valence-electron chi connectivity index (χ3n) is 6.36. The van der Waals surface area contributed by atoms with Crippen molar-refractivity contribution in [2.24, 2.45) is 0 Å². The Kier molecular flexibility index (Phi) is 7.60. The molecule has 6 heteroatoms. The van der Waals surface area contributed by atoms with Gasteiger partial charge in [0.05, 0.1) is 37.4 Å². The molecule has 2 heterocycles. The summed E-state index contributed by atoms with van der Waals surface area (Å²) in [5, 5.41) is 9.25. The number of ether oxygens (including phenoxy) is 2. The number of aromatic nitrogens is 3. The molecule has 1 unspecified atom stereocenters. The zero-order valence-corrected chi connectivity index (χ0v) is 20.5. The summed E-state index contributed by atoms with van der Waals surface area (Å²) in [5.74, 6) is 0. The molecule has 2 aromatic carbocycles. The zero-order chi connectivity index (χ0) is 24.1. The molecule has 0 radical (unpaired) electrons. The topological polar surface area (TPSA) is 65.1 Å². The Hall–Kier alpha value is -3.22. The number of nitrogens with zero attached hydrogens (tertiary/aromatic N) is 3. The second-order valence-electron chi connectivity index (χ2n) is 8.91. The number of methoxy groups -OCH3 is 1. The predicted octanol–water partition coefficient (Wildman–Crippen LogP) is 4.99. The van der Waals surface area contributed by atoms with Gasteiger partial charge in [0.1, 0.15) is 0 Å². The second kappa shape index (κ2) is 10.8. The molecule has 178 valence electrons. The molecule has 0 saturated carbocycles. The molecular weight excluding hydrogens is 424 g/mol. The van der Waals surface area contributed by atoms with Crippen LogP contribution >= 0.6 is 0 Å². The Morgan fingerprint density at radius 2 is 1.59 bits per heavy atom. The van der Waals surface area contributed by atoms with Crippen molar-refractivity contribution < 1.29 is 9.47 Å². The van der Waals surface area contributed by atoms with E-state index in [1.54, 1.807) is 13.3 Å². The van der Waals surface area contributed by atoms with Crippen molar-refractivity contribution in [3.05, 3.63) is 94.7 Å². The maximum Gasteiger partial charge on any atom is 0.205 e. The van der Waals surface area contributed by atoms with E-state index in [1.807, 2.05) is 10.6 Å². The lowest BCUT2D eigenvalue weighted by Gasteiger charge is -2.20. The van der Waals surface area contributed by atoms with Crippen LogP contribution < -0.4 is 5.62 Å². The van der Waals surface area contributed by atoms with Gasteiger partial charge < -0.3 is 14.0 Å². The van der Waals surface area contributed by atoms with E-state index in [2.05, 4.69) is 79.9 Å². The van der Waals surface area contributed by atoms with Gasteiger partial charge in [-0.1, -0.05) is 59.7 Å². The first-order valence-electron chi connectivity index (χ1n) is 11.8. The van der Waals surface area contributed by atoms with Crippen molar-refractivity contribution in [2.45, 2.75) is 39.3 Å². The summed E-state index contributed by atoms with van der Waals surface area (Å²) in [4.78, 5) is 4.72. The average Bonchev–Trinajstić information content (AvgIpc) is 3.14. The lowest BCUT2D eigenvalue weighted by atomic mass is 10.0. The Labute approximate surface area is 201 Å². The molecule has 4 rings (SSSR count). The van der Waals surface area contributed by atoms with Crippen molar-refractivity contribution in [1.29, 1.82) is 5.41 Å². The Bertz CT molecular complexity index is 1270. The first-order chi connectivity index (χ1) is 16.5. The fraction of sp³-hybridized carbons (Fsp3) is 0.357. The molecule has 1 N–H and O–H groups in total. The minimum Gasteiger partial charge on any atom is -0.382 e. The summed E-state index contributed by atoms with van der Waals surface area (Å²) in [5.41, 5.74) is 7.01. The van der Waals surface area contributed by atoms with E-state index in [0.717, 1.165) is 17.6 Å². The summed E-state index contributed by atoms with van der Waals surface area (Å²) in [6.45, 7) is 7.86. The van der Waals surface area contributed by atoms with Gasteiger partial charge in [-0.15, -0.1) is 0 Å². The van der Waals surface area contributed by atoms with E-state index in [1.165, 1.54) is 22.3 Å². The molecule has 0 aliphatic rings. The summed E-state index contributed by atoms with van der Waals surface area (Å²) in [6.07, 6.45) is 2.55. The number of aryl methyl sites for hydroxylation is 2. The Morgan fingerprint density at radius 3 is 2.26 bits per heavy atom. The third kappa shape index (κ3) is 5.13. The standard InChI is InChI=1S/C28H34N4O2/c1-20-7-11-23(12-8-20)18-25(19-34-17-16-33-4)32-27-26(6-5-15-30-27)31(28(32)29)22(3)24-13-9-21(2)10-14-24/h5-15,22,25,29H,16-19H2,1-4H3/t22?,25-/m0/s1. The van der Waals surface area contributed by atoms with Crippen LogP contribution in [0.1, 0.15) is 41.3 Å². The first kappa shape index (κ1) is 23.9. The Balaban J connectivity index is 1.78. The molecule has 0 fully saturated rings. The van der Waals surface area contributed by atoms with Crippen molar-refractivity contribution in [3.63, 3.8) is 0 Å². The lowest BCUT2D eigenvalue weighted by Crippen LogP contribution is -2.33. The third-order valence-corrected chi connectivity index (χ3v) is 6.36. The fourth-order valence-electron chi connectivity index (χ4n) is 4.41. The predicted molar refractivity (Wildman–Crippen MR) is 135 cm³/mol. The Morgan fingerprint density at radius 1 is 0.912 bits per heavy atom. The number of imidazole rings is 1. The van der Waals surface area contributed by atoms with Crippen LogP contribution in [0.5, 0.6) is 0 Å². The number of nitrogens with one attached hydrogen (secondary N) is 1. The van der Waals surface area contributed by atoms with Crippen molar-refractivity contribution in [2.75, 3.05) is 26.9 Å². The summed E-state index contributed by atoms with van der Waals surface area (Å²) >= 11 is 0. The van der Waals surface area contributed by atoms with Crippen LogP contribution in [0.25, 0.3) is 11.2 Å². The van der Waals surface area contributed by atoms with Crippen LogP contribution in [0, 0.1) is 19.3 Å². The first-order valence-corrected chi connectivity index (χ1v) is 11.8. The van der Waals surface area contributed by atoms with E-state index in [9.17, 15) is 5.41 Å². The number of pyridine rings is 1. The highest BCUT2D eigenvalue weighted by Crippen LogP contribution is 2.25. The lowest BCUT2D eigenvalue weighted by molar-refractivity contribution is 0.0530. The molecule has 0 aliphatic heterocycles. The van der Waals surface area contributed by atoms with Gasteiger partial charge in [-0.2, -0.15) is 0 Å². The van der Waals surface area contributed by atoms with Crippen molar-refractivity contribution in [1.82, 2.24) is 14.1 Å². The zero-order valence-electron chi connectivity index (χ0n) is 20.5. The highest BCUT2D eigenvalue weighted by atomic mass is 16.5. The molecule has 0 saturated heterocycles. The molecular formula is C28H34N4O2. The highest BCUT2D eigenvalue weighted by molar-refractivity contribution is 5.72. The van der Waals surface area contributed by atoms with Gasteiger partial charge in [-0.3, -0.25) is 9.98 Å². The van der Waals surface area contributed by atoms with Crippen LogP contribution in [0.2, 0.25) is 0 Å². The van der Waals surface area contributed by atoms with Gasteiger partial charge in [-0.25, -0.2) is 4.98 Å². The fourth-order valence-corrected chi connectivity index (χ4v) is 4.41. The molecule has 34 heavy (non-hydrogen) atoms. The van der Waals surface area contributed by atoms with E-state index >= 15 is 0 Å². The average molecular weight is 459 g/mol. The quantitative estimate of drug-likeness (QED) is 0.341. The minimum absolute atomic E-state index is 0.00418. The summed E-state index contributed by atoms with van der Waals surface area (Å²) in [6, 6.07) is 21.0. The van der Waals surface area contributed by atoms with Crippen LogP contribution in [0.4, 0.5) is 0 Å². The number of fused-ring (bicyclic) bond motifs is 1. The van der Waals surface area contributed by atoms with Crippen LogP contribution in [-0.4, -0.2) is 41.0 Å². The SMILES string of the molecule is COCCOC[C@H](Cc1ccc(C)cc1)n1c(=N)n(C(C)c2ccc(C)cc2)c2cccnc21. The number of hydrogen-bond acceptors (Lipinski definition) is 4. The van der Waals surface area contributed by atoms with Crippen LogP contribution in [0.3, 0.4) is 0 Å². The molecule has 2 aromatic heterocycles. The summed E-state index contributed by atoms with van der Waals surface area (Å²) < 4.78 is 15.3. The smallest absolute Gasteiger partial charge is 0.205 e. The molecule has 0 bridgehead atoms. The molecule has 2 atom stereocenters. The van der Waals surface area contributed by atoms with Crippen LogP contribution in [-0.2, 0) is 15.9 Å². The maximum atomic E-state index is 9.25. The van der Waals surface area contributed by atoms with Crippen LogP contribution in [0.15, 0.2) is 66.9 Å². The van der Waals surface area contributed by atoms with E-state index in [4.69, 9.17) is 14.5 Å². The maximum absolute atomic E-state index is 9.25.